The zero-order valence-electron chi connectivity index (χ0n) is 9.87. The number of amides is 1. The van der Waals surface area contributed by atoms with Crippen LogP contribution < -0.4 is 0 Å². The van der Waals surface area contributed by atoms with Crippen LogP contribution >= 0.6 is 0 Å². The first-order valence-electron chi connectivity index (χ1n) is 5.83. The van der Waals surface area contributed by atoms with Crippen molar-refractivity contribution in [3.63, 3.8) is 0 Å². The molecule has 1 amide bonds. The molecule has 6 nitrogen and oxygen atoms in total. The third-order valence-corrected chi connectivity index (χ3v) is 2.90. The van der Waals surface area contributed by atoms with Crippen molar-refractivity contribution in [2.45, 2.75) is 18.9 Å². The largest absolute Gasteiger partial charge is 0.480 e. The van der Waals surface area contributed by atoms with E-state index in [1.54, 1.807) is 17.0 Å². The second-order valence-corrected chi connectivity index (χ2v) is 4.17. The van der Waals surface area contributed by atoms with Crippen molar-refractivity contribution < 1.29 is 23.8 Å². The Morgan fingerprint density at radius 2 is 2.17 bits per heavy atom. The topological polar surface area (TPSA) is 80.0 Å². The highest BCUT2D eigenvalue weighted by molar-refractivity contribution is 5.91. The van der Waals surface area contributed by atoms with E-state index in [1.165, 1.54) is 6.26 Å². The van der Waals surface area contributed by atoms with Crippen LogP contribution in [0.4, 0.5) is 0 Å². The first-order chi connectivity index (χ1) is 8.66. The number of nitrogens with zero attached hydrogens (tertiary/aromatic N) is 1. The smallest absolute Gasteiger partial charge is 0.329 e. The Balaban J connectivity index is 1.80. The maximum Gasteiger partial charge on any atom is 0.329 e. The van der Waals surface area contributed by atoms with Crippen molar-refractivity contribution in [3.05, 3.63) is 24.2 Å². The molecule has 1 aliphatic heterocycles. The molecule has 0 aromatic carbocycles. The first-order valence-corrected chi connectivity index (χ1v) is 5.83. The molecular formula is C12H15NO5. The van der Waals surface area contributed by atoms with Crippen LogP contribution in [0, 0.1) is 0 Å². The molecule has 1 aliphatic rings. The van der Waals surface area contributed by atoms with Gasteiger partial charge in [-0.2, -0.15) is 0 Å². The minimum Gasteiger partial charge on any atom is -0.480 e. The van der Waals surface area contributed by atoms with E-state index in [-0.39, 0.29) is 18.6 Å². The second-order valence-electron chi connectivity index (χ2n) is 4.17. The highest BCUT2D eigenvalue weighted by atomic mass is 16.5. The molecule has 6 heteroatoms. The van der Waals surface area contributed by atoms with Crippen molar-refractivity contribution in [3.8, 4) is 0 Å². The molecule has 1 aromatic heterocycles. The number of carboxylic acids is 1. The van der Waals surface area contributed by atoms with Gasteiger partial charge < -0.3 is 19.2 Å². The summed E-state index contributed by atoms with van der Waals surface area (Å²) < 4.78 is 10.3. The van der Waals surface area contributed by atoms with Crippen LogP contribution in [0.3, 0.4) is 0 Å². The van der Waals surface area contributed by atoms with Crippen molar-refractivity contribution in [2.75, 3.05) is 19.7 Å². The molecule has 0 atom stereocenters. The molecule has 0 unspecified atom stereocenters. The Bertz CT molecular complexity index is 406. The van der Waals surface area contributed by atoms with Crippen LogP contribution in [0.1, 0.15) is 23.4 Å². The number of hydrogen-bond acceptors (Lipinski definition) is 4. The normalized spacial score (nSPS) is 16.8. The number of aliphatic carboxylic acids is 1. The van der Waals surface area contributed by atoms with Crippen LogP contribution in [0.25, 0.3) is 0 Å². The Hall–Kier alpha value is -1.82. The molecule has 0 spiro atoms. The van der Waals surface area contributed by atoms with E-state index in [2.05, 4.69) is 0 Å². The number of rotatable bonds is 4. The van der Waals surface area contributed by atoms with Crippen molar-refractivity contribution >= 4 is 11.9 Å². The molecular weight excluding hydrogens is 238 g/mol. The van der Waals surface area contributed by atoms with Gasteiger partial charge in [-0.05, 0) is 25.0 Å². The van der Waals surface area contributed by atoms with Crippen LogP contribution in [0.15, 0.2) is 22.8 Å². The second kappa shape index (κ2) is 5.68. The SMILES string of the molecule is O=C(O)COC1CCN(C(=O)c2ccco2)CC1. The predicted octanol–water partition coefficient (Wildman–Crippen LogP) is 0.985. The Kier molecular flexibility index (Phi) is 3.99. The monoisotopic (exact) mass is 253 g/mol. The number of furan rings is 1. The van der Waals surface area contributed by atoms with Gasteiger partial charge in [-0.25, -0.2) is 4.79 Å². The molecule has 1 saturated heterocycles. The maximum atomic E-state index is 11.9. The van der Waals surface area contributed by atoms with E-state index in [9.17, 15) is 9.59 Å². The van der Waals surface area contributed by atoms with Gasteiger partial charge in [-0.3, -0.25) is 4.79 Å². The molecule has 0 bridgehead atoms. The van der Waals surface area contributed by atoms with E-state index >= 15 is 0 Å². The number of ether oxygens (including phenoxy) is 1. The summed E-state index contributed by atoms with van der Waals surface area (Å²) >= 11 is 0. The van der Waals surface area contributed by atoms with Gasteiger partial charge in [0.25, 0.3) is 5.91 Å². The van der Waals surface area contributed by atoms with E-state index in [0.717, 1.165) is 0 Å². The van der Waals surface area contributed by atoms with Gasteiger partial charge in [0.2, 0.25) is 0 Å². The lowest BCUT2D eigenvalue weighted by Gasteiger charge is -2.31. The summed E-state index contributed by atoms with van der Waals surface area (Å²) in [6.07, 6.45) is 2.69. The predicted molar refractivity (Wildman–Crippen MR) is 61.2 cm³/mol. The molecule has 0 aliphatic carbocycles. The molecule has 2 rings (SSSR count). The van der Waals surface area contributed by atoms with Gasteiger partial charge >= 0.3 is 5.97 Å². The molecule has 2 heterocycles. The summed E-state index contributed by atoms with van der Waals surface area (Å²) in [6, 6.07) is 3.31. The van der Waals surface area contributed by atoms with Crippen LogP contribution in [-0.4, -0.2) is 47.7 Å². The minimum atomic E-state index is -0.968. The highest BCUT2D eigenvalue weighted by Gasteiger charge is 2.25. The quantitative estimate of drug-likeness (QED) is 0.865. The standard InChI is InChI=1S/C12H15NO5/c14-11(15)8-18-9-3-5-13(6-4-9)12(16)10-2-1-7-17-10/h1-2,7,9H,3-6,8H2,(H,14,15). The van der Waals surface area contributed by atoms with E-state index < -0.39 is 5.97 Å². The average Bonchev–Trinajstić information content (AvgIpc) is 2.90. The van der Waals surface area contributed by atoms with Gasteiger partial charge in [-0.15, -0.1) is 0 Å². The van der Waals surface area contributed by atoms with E-state index in [4.69, 9.17) is 14.3 Å². The zero-order valence-corrected chi connectivity index (χ0v) is 9.87. The van der Waals surface area contributed by atoms with Crippen LogP contribution in [0.5, 0.6) is 0 Å². The maximum absolute atomic E-state index is 11.9. The fourth-order valence-corrected chi connectivity index (χ4v) is 1.97. The molecule has 0 saturated carbocycles. The van der Waals surface area contributed by atoms with Crippen LogP contribution in [-0.2, 0) is 9.53 Å². The van der Waals surface area contributed by atoms with Gasteiger partial charge in [0.05, 0.1) is 12.4 Å². The molecule has 1 aromatic rings. The Labute approximate surface area is 104 Å². The average molecular weight is 253 g/mol. The van der Waals surface area contributed by atoms with Gasteiger partial charge in [0, 0.05) is 13.1 Å². The molecule has 1 fully saturated rings. The Morgan fingerprint density at radius 1 is 1.44 bits per heavy atom. The molecule has 0 radical (unpaired) electrons. The lowest BCUT2D eigenvalue weighted by atomic mass is 10.1. The summed E-state index contributed by atoms with van der Waals surface area (Å²) in [6.45, 7) is 0.838. The van der Waals surface area contributed by atoms with Crippen molar-refractivity contribution in [1.29, 1.82) is 0 Å². The molecule has 98 valence electrons. The van der Waals surface area contributed by atoms with Crippen molar-refractivity contribution in [2.24, 2.45) is 0 Å². The third kappa shape index (κ3) is 3.10. The first kappa shape index (κ1) is 12.6. The zero-order chi connectivity index (χ0) is 13.0. The number of piperidine rings is 1. The summed E-state index contributed by atoms with van der Waals surface area (Å²) in [5.41, 5.74) is 0. The lowest BCUT2D eigenvalue weighted by Crippen LogP contribution is -2.41. The fraction of sp³-hybridized carbons (Fsp3) is 0.500. The fourth-order valence-electron chi connectivity index (χ4n) is 1.97. The number of hydrogen-bond donors (Lipinski definition) is 1. The Morgan fingerprint density at radius 3 is 2.72 bits per heavy atom. The van der Waals surface area contributed by atoms with Gasteiger partial charge in [-0.1, -0.05) is 0 Å². The van der Waals surface area contributed by atoms with Crippen molar-refractivity contribution in [1.82, 2.24) is 4.90 Å². The summed E-state index contributed by atoms with van der Waals surface area (Å²) in [7, 11) is 0. The summed E-state index contributed by atoms with van der Waals surface area (Å²) in [4.78, 5) is 24.0. The molecule has 1 N–H and O–H groups in total. The number of likely N-dealkylation sites (tertiary alicyclic amines) is 1. The van der Waals surface area contributed by atoms with Crippen LogP contribution in [0.2, 0.25) is 0 Å². The minimum absolute atomic E-state index is 0.0817. The highest BCUT2D eigenvalue weighted by Crippen LogP contribution is 2.16. The third-order valence-electron chi connectivity index (χ3n) is 2.90. The summed E-state index contributed by atoms with van der Waals surface area (Å²) in [5.74, 6) is -0.763. The summed E-state index contributed by atoms with van der Waals surface area (Å²) in [5, 5.41) is 8.51. The van der Waals surface area contributed by atoms with E-state index in [0.29, 0.717) is 31.7 Å². The number of carbonyl (C=O) groups excluding carboxylic acids is 1. The number of carbonyl (C=O) groups is 2. The lowest BCUT2D eigenvalue weighted by molar-refractivity contribution is -0.145. The number of carboxylic acid groups (broad SMARTS) is 1. The molecule has 18 heavy (non-hydrogen) atoms. The van der Waals surface area contributed by atoms with Gasteiger partial charge in [0.15, 0.2) is 5.76 Å². The van der Waals surface area contributed by atoms with E-state index in [1.807, 2.05) is 0 Å². The van der Waals surface area contributed by atoms with Gasteiger partial charge in [0.1, 0.15) is 6.61 Å².